The monoisotopic (exact) mass is 311 g/mol. The van der Waals surface area contributed by atoms with Crippen LogP contribution in [0.4, 0.5) is 5.69 Å². The van der Waals surface area contributed by atoms with Gasteiger partial charge in [-0.3, -0.25) is 0 Å². The number of benzene rings is 2. The van der Waals surface area contributed by atoms with Crippen LogP contribution < -0.4 is 10.5 Å². The zero-order valence-electron chi connectivity index (χ0n) is 8.99. The van der Waals surface area contributed by atoms with Crippen LogP contribution in [0.25, 0.3) is 0 Å². The van der Waals surface area contributed by atoms with Crippen molar-refractivity contribution in [3.8, 4) is 5.75 Å². The molecule has 2 rings (SSSR count). The second-order valence-electron chi connectivity index (χ2n) is 3.58. The van der Waals surface area contributed by atoms with Crippen molar-refractivity contribution in [3.63, 3.8) is 0 Å². The zero-order chi connectivity index (χ0) is 12.3. The molecule has 0 aromatic heterocycles. The molecule has 0 fully saturated rings. The molecule has 0 unspecified atom stereocenters. The van der Waals surface area contributed by atoms with Gasteiger partial charge in [-0.05, 0) is 17.7 Å². The van der Waals surface area contributed by atoms with E-state index in [-0.39, 0.29) is 0 Å². The van der Waals surface area contributed by atoms with Crippen LogP contribution in [0.1, 0.15) is 5.56 Å². The Hall–Kier alpha value is -1.19. The number of nitrogen functional groups attached to an aromatic ring is 1. The van der Waals surface area contributed by atoms with Crippen molar-refractivity contribution in [2.75, 3.05) is 5.73 Å². The summed E-state index contributed by atoms with van der Waals surface area (Å²) in [6.45, 7) is 0.451. The van der Waals surface area contributed by atoms with Crippen LogP contribution >= 0.6 is 27.5 Å². The number of hydrogen-bond acceptors (Lipinski definition) is 2. The van der Waals surface area contributed by atoms with E-state index in [4.69, 9.17) is 22.1 Å². The lowest BCUT2D eigenvalue weighted by molar-refractivity contribution is 0.308. The molecule has 4 heteroatoms. The molecule has 0 bridgehead atoms. The number of halogens is 2. The zero-order valence-corrected chi connectivity index (χ0v) is 11.3. The van der Waals surface area contributed by atoms with Crippen LogP contribution in [-0.2, 0) is 6.61 Å². The average molecular weight is 313 g/mol. The number of ether oxygens (including phenoxy) is 1. The Bertz CT molecular complexity index is 493. The van der Waals surface area contributed by atoms with Gasteiger partial charge in [0.05, 0.1) is 10.7 Å². The molecule has 0 spiro atoms. The summed E-state index contributed by atoms with van der Waals surface area (Å²) in [6.07, 6.45) is 0. The third kappa shape index (κ3) is 3.14. The fourth-order valence-electron chi connectivity index (χ4n) is 1.46. The molecule has 0 atom stereocenters. The largest absolute Gasteiger partial charge is 0.485 e. The number of hydrogen-bond donors (Lipinski definition) is 1. The third-order valence-corrected chi connectivity index (χ3v) is 3.00. The maximum absolute atomic E-state index is 6.07. The molecule has 0 saturated carbocycles. The molecular weight excluding hydrogens is 302 g/mol. The minimum Gasteiger partial charge on any atom is -0.485 e. The van der Waals surface area contributed by atoms with Crippen LogP contribution in [0.2, 0.25) is 5.02 Å². The van der Waals surface area contributed by atoms with Crippen molar-refractivity contribution >= 4 is 33.2 Å². The second-order valence-corrected chi connectivity index (χ2v) is 4.90. The van der Waals surface area contributed by atoms with Crippen LogP contribution in [0.15, 0.2) is 46.9 Å². The summed E-state index contributed by atoms with van der Waals surface area (Å²) >= 11 is 9.39. The maximum atomic E-state index is 6.07. The van der Waals surface area contributed by atoms with Gasteiger partial charge in [-0.15, -0.1) is 0 Å². The number of rotatable bonds is 3. The van der Waals surface area contributed by atoms with Crippen LogP contribution in [0.3, 0.4) is 0 Å². The summed E-state index contributed by atoms with van der Waals surface area (Å²) in [6, 6.07) is 13.4. The fraction of sp³-hybridized carbons (Fsp3) is 0.0769. The molecule has 88 valence electrons. The van der Waals surface area contributed by atoms with Gasteiger partial charge in [-0.25, -0.2) is 0 Å². The summed E-state index contributed by atoms with van der Waals surface area (Å²) in [5, 5.41) is 0.507. The Labute approximate surface area is 113 Å². The van der Waals surface area contributed by atoms with Gasteiger partial charge >= 0.3 is 0 Å². The van der Waals surface area contributed by atoms with Gasteiger partial charge in [0.25, 0.3) is 0 Å². The molecule has 0 aliphatic carbocycles. The SMILES string of the molecule is Nc1cc(Br)cc(Cl)c1OCc1ccccc1. The summed E-state index contributed by atoms with van der Waals surface area (Å²) in [5.74, 6) is 0.527. The standard InChI is InChI=1S/C13H11BrClNO/c14-10-6-11(15)13(12(16)7-10)17-8-9-4-2-1-3-5-9/h1-7H,8,16H2. The van der Waals surface area contributed by atoms with E-state index in [0.717, 1.165) is 10.0 Å². The van der Waals surface area contributed by atoms with E-state index >= 15 is 0 Å². The summed E-state index contributed by atoms with van der Waals surface area (Å²) in [5.41, 5.74) is 7.45. The van der Waals surface area contributed by atoms with E-state index in [2.05, 4.69) is 15.9 Å². The van der Waals surface area contributed by atoms with Crippen LogP contribution in [0.5, 0.6) is 5.75 Å². The molecule has 2 nitrogen and oxygen atoms in total. The highest BCUT2D eigenvalue weighted by molar-refractivity contribution is 9.10. The number of anilines is 1. The highest BCUT2D eigenvalue weighted by Crippen LogP contribution is 2.34. The number of nitrogens with two attached hydrogens (primary N) is 1. The molecule has 2 aromatic rings. The highest BCUT2D eigenvalue weighted by Gasteiger charge is 2.08. The lowest BCUT2D eigenvalue weighted by atomic mass is 10.2. The molecule has 0 radical (unpaired) electrons. The summed E-state index contributed by atoms with van der Waals surface area (Å²) < 4.78 is 6.47. The Morgan fingerprint density at radius 1 is 1.18 bits per heavy atom. The van der Waals surface area contributed by atoms with Crippen LogP contribution in [-0.4, -0.2) is 0 Å². The molecule has 2 N–H and O–H groups in total. The fourth-order valence-corrected chi connectivity index (χ4v) is 2.35. The topological polar surface area (TPSA) is 35.2 Å². The van der Waals surface area contributed by atoms with E-state index in [0.29, 0.717) is 23.1 Å². The van der Waals surface area contributed by atoms with Crippen LogP contribution in [0, 0.1) is 0 Å². The molecule has 0 saturated heterocycles. The summed E-state index contributed by atoms with van der Waals surface area (Å²) in [7, 11) is 0. The molecule has 17 heavy (non-hydrogen) atoms. The lowest BCUT2D eigenvalue weighted by Gasteiger charge is -2.11. The Kier molecular flexibility index (Phi) is 3.92. The first-order valence-corrected chi connectivity index (χ1v) is 6.25. The van der Waals surface area contributed by atoms with Crippen molar-refractivity contribution in [3.05, 3.63) is 57.5 Å². The predicted molar refractivity (Wildman–Crippen MR) is 74.3 cm³/mol. The molecule has 0 aliphatic heterocycles. The van der Waals surface area contributed by atoms with E-state index < -0.39 is 0 Å². The maximum Gasteiger partial charge on any atom is 0.161 e. The van der Waals surface area contributed by atoms with Gasteiger partial charge < -0.3 is 10.5 Å². The molecule has 0 heterocycles. The van der Waals surface area contributed by atoms with E-state index in [1.807, 2.05) is 30.3 Å². The van der Waals surface area contributed by atoms with Crippen molar-refractivity contribution in [1.29, 1.82) is 0 Å². The second kappa shape index (κ2) is 5.43. The van der Waals surface area contributed by atoms with Gasteiger partial charge in [-0.2, -0.15) is 0 Å². The minimum atomic E-state index is 0.451. The normalized spacial score (nSPS) is 10.2. The van der Waals surface area contributed by atoms with E-state index in [1.54, 1.807) is 12.1 Å². The Morgan fingerprint density at radius 2 is 1.88 bits per heavy atom. The Morgan fingerprint density at radius 3 is 2.53 bits per heavy atom. The van der Waals surface area contributed by atoms with Crippen molar-refractivity contribution < 1.29 is 4.74 Å². The van der Waals surface area contributed by atoms with Crippen molar-refractivity contribution in [2.24, 2.45) is 0 Å². The third-order valence-electron chi connectivity index (χ3n) is 2.26. The van der Waals surface area contributed by atoms with Gasteiger partial charge in [-0.1, -0.05) is 57.9 Å². The van der Waals surface area contributed by atoms with Gasteiger partial charge in [0.15, 0.2) is 5.75 Å². The van der Waals surface area contributed by atoms with Crippen molar-refractivity contribution in [2.45, 2.75) is 6.61 Å². The first-order valence-electron chi connectivity index (χ1n) is 5.08. The molecule has 0 aliphatic rings. The smallest absolute Gasteiger partial charge is 0.161 e. The first kappa shape index (κ1) is 12.3. The quantitative estimate of drug-likeness (QED) is 0.859. The van der Waals surface area contributed by atoms with E-state index in [9.17, 15) is 0 Å². The van der Waals surface area contributed by atoms with Gasteiger partial charge in [0.1, 0.15) is 6.61 Å². The molecule has 0 amide bonds. The van der Waals surface area contributed by atoms with Gasteiger partial charge in [0, 0.05) is 4.47 Å². The molecule has 2 aromatic carbocycles. The summed E-state index contributed by atoms with van der Waals surface area (Å²) in [4.78, 5) is 0. The minimum absolute atomic E-state index is 0.451. The molecular formula is C13H11BrClNO. The highest BCUT2D eigenvalue weighted by atomic mass is 79.9. The first-order chi connectivity index (χ1) is 8.16. The van der Waals surface area contributed by atoms with Crippen molar-refractivity contribution in [1.82, 2.24) is 0 Å². The Balaban J connectivity index is 2.15. The lowest BCUT2D eigenvalue weighted by Crippen LogP contribution is -1.99. The predicted octanol–water partition coefficient (Wildman–Crippen LogP) is 4.26. The van der Waals surface area contributed by atoms with E-state index in [1.165, 1.54) is 0 Å². The van der Waals surface area contributed by atoms with Gasteiger partial charge in [0.2, 0.25) is 0 Å². The average Bonchev–Trinajstić information content (AvgIpc) is 2.29.